The Morgan fingerprint density at radius 2 is 2.11 bits per heavy atom. The zero-order valence-electron chi connectivity index (χ0n) is 11.8. The number of halogens is 1. The molecule has 0 saturated heterocycles. The van der Waals surface area contributed by atoms with E-state index in [0.29, 0.717) is 17.3 Å². The highest BCUT2D eigenvalue weighted by Gasteiger charge is 2.27. The van der Waals surface area contributed by atoms with Gasteiger partial charge in [-0.25, -0.2) is 0 Å². The molecule has 0 fully saturated rings. The van der Waals surface area contributed by atoms with Crippen LogP contribution in [0.4, 0.5) is 0 Å². The van der Waals surface area contributed by atoms with Crippen molar-refractivity contribution in [2.45, 2.75) is 33.4 Å². The Kier molecular flexibility index (Phi) is 5.20. The van der Waals surface area contributed by atoms with Crippen LogP contribution in [-0.2, 0) is 11.3 Å². The molecule has 4 nitrogen and oxygen atoms in total. The Hall–Kier alpha value is -1.26. The Morgan fingerprint density at radius 3 is 2.63 bits per heavy atom. The lowest BCUT2D eigenvalue weighted by atomic mass is 9.87. The van der Waals surface area contributed by atoms with Crippen LogP contribution in [0.2, 0.25) is 5.02 Å². The fourth-order valence-corrected chi connectivity index (χ4v) is 1.71. The first-order valence-electron chi connectivity index (χ1n) is 6.11. The van der Waals surface area contributed by atoms with E-state index < -0.39 is 6.04 Å². The molecule has 1 atom stereocenters. The SMILES string of the molecule is COc1cc(Cl)ccc1CNC(=O)[C@@H](N)C(C)(C)C. The van der Waals surface area contributed by atoms with Gasteiger partial charge in [0.15, 0.2) is 0 Å². The van der Waals surface area contributed by atoms with Crippen LogP contribution in [-0.4, -0.2) is 19.1 Å². The number of methoxy groups -OCH3 is 1. The summed E-state index contributed by atoms with van der Waals surface area (Å²) in [6.07, 6.45) is 0. The van der Waals surface area contributed by atoms with Crippen molar-refractivity contribution in [3.8, 4) is 5.75 Å². The lowest BCUT2D eigenvalue weighted by molar-refractivity contribution is -0.124. The molecule has 0 bridgehead atoms. The predicted molar refractivity (Wildman–Crippen MR) is 77.3 cm³/mol. The van der Waals surface area contributed by atoms with Gasteiger partial charge >= 0.3 is 0 Å². The first kappa shape index (κ1) is 15.8. The average Bonchev–Trinajstić information content (AvgIpc) is 2.34. The van der Waals surface area contributed by atoms with Crippen molar-refractivity contribution in [3.63, 3.8) is 0 Å². The first-order valence-corrected chi connectivity index (χ1v) is 6.49. The minimum absolute atomic E-state index is 0.176. The van der Waals surface area contributed by atoms with Crippen molar-refractivity contribution >= 4 is 17.5 Å². The highest BCUT2D eigenvalue weighted by Crippen LogP contribution is 2.23. The van der Waals surface area contributed by atoms with Gasteiger partial charge in [-0.15, -0.1) is 0 Å². The second-order valence-corrected chi connectivity index (χ2v) is 5.95. The number of ether oxygens (including phenoxy) is 1. The Morgan fingerprint density at radius 1 is 1.47 bits per heavy atom. The summed E-state index contributed by atoms with van der Waals surface area (Å²) in [6.45, 7) is 6.16. The monoisotopic (exact) mass is 284 g/mol. The summed E-state index contributed by atoms with van der Waals surface area (Å²) >= 11 is 5.88. The van der Waals surface area contributed by atoms with E-state index >= 15 is 0 Å². The number of amides is 1. The summed E-state index contributed by atoms with van der Waals surface area (Å²) in [6, 6.07) is 4.75. The maximum absolute atomic E-state index is 11.9. The molecule has 5 heteroatoms. The molecule has 0 aliphatic carbocycles. The lowest BCUT2D eigenvalue weighted by Gasteiger charge is -2.26. The lowest BCUT2D eigenvalue weighted by Crippen LogP contribution is -2.48. The number of hydrogen-bond acceptors (Lipinski definition) is 3. The molecule has 1 amide bonds. The Bertz CT molecular complexity index is 455. The smallest absolute Gasteiger partial charge is 0.237 e. The van der Waals surface area contributed by atoms with Crippen molar-refractivity contribution in [2.75, 3.05) is 7.11 Å². The largest absolute Gasteiger partial charge is 0.496 e. The quantitative estimate of drug-likeness (QED) is 0.892. The molecule has 0 radical (unpaired) electrons. The molecule has 0 saturated carbocycles. The van der Waals surface area contributed by atoms with Crippen LogP contribution in [0.15, 0.2) is 18.2 Å². The standard InChI is InChI=1S/C14H21ClN2O2/c1-14(2,3)12(16)13(18)17-8-9-5-6-10(15)7-11(9)19-4/h5-7,12H,8,16H2,1-4H3,(H,17,18)/t12-/m1/s1. The summed E-state index contributed by atoms with van der Waals surface area (Å²) < 4.78 is 5.22. The second-order valence-electron chi connectivity index (χ2n) is 5.52. The van der Waals surface area contributed by atoms with Crippen LogP contribution >= 0.6 is 11.6 Å². The van der Waals surface area contributed by atoms with E-state index in [1.165, 1.54) is 0 Å². The molecule has 106 valence electrons. The number of rotatable bonds is 4. The zero-order valence-corrected chi connectivity index (χ0v) is 12.5. The van der Waals surface area contributed by atoms with Gasteiger partial charge in [-0.2, -0.15) is 0 Å². The van der Waals surface area contributed by atoms with E-state index in [1.807, 2.05) is 26.8 Å². The molecule has 19 heavy (non-hydrogen) atoms. The van der Waals surface area contributed by atoms with E-state index in [4.69, 9.17) is 22.1 Å². The number of hydrogen-bond donors (Lipinski definition) is 2. The minimum Gasteiger partial charge on any atom is -0.496 e. The Labute approximate surface area is 119 Å². The molecule has 3 N–H and O–H groups in total. The van der Waals surface area contributed by atoms with E-state index in [2.05, 4.69) is 5.32 Å². The third-order valence-corrected chi connectivity index (χ3v) is 3.15. The van der Waals surface area contributed by atoms with Crippen LogP contribution in [0.5, 0.6) is 5.75 Å². The summed E-state index contributed by atoms with van der Waals surface area (Å²) in [5, 5.41) is 3.41. The van der Waals surface area contributed by atoms with E-state index in [-0.39, 0.29) is 11.3 Å². The average molecular weight is 285 g/mol. The van der Waals surface area contributed by atoms with Crippen molar-refractivity contribution in [2.24, 2.45) is 11.1 Å². The van der Waals surface area contributed by atoms with E-state index in [9.17, 15) is 4.79 Å². The van der Waals surface area contributed by atoms with Crippen LogP contribution in [0.3, 0.4) is 0 Å². The van der Waals surface area contributed by atoms with Gasteiger partial charge in [0.25, 0.3) is 0 Å². The number of carbonyl (C=O) groups is 1. The van der Waals surface area contributed by atoms with Gasteiger partial charge in [0.05, 0.1) is 13.2 Å². The maximum atomic E-state index is 11.9. The summed E-state index contributed by atoms with van der Waals surface area (Å²) in [5.41, 5.74) is 6.48. The number of benzene rings is 1. The van der Waals surface area contributed by atoms with Crippen LogP contribution in [0, 0.1) is 5.41 Å². The third kappa shape index (κ3) is 4.40. The molecule has 0 aliphatic rings. The molecule has 0 aromatic heterocycles. The van der Waals surface area contributed by atoms with Crippen molar-refractivity contribution in [3.05, 3.63) is 28.8 Å². The molecule has 1 rings (SSSR count). The van der Waals surface area contributed by atoms with Gasteiger partial charge < -0.3 is 15.8 Å². The Balaban J connectivity index is 2.70. The fraction of sp³-hybridized carbons (Fsp3) is 0.500. The minimum atomic E-state index is -0.550. The molecule has 0 aliphatic heterocycles. The topological polar surface area (TPSA) is 64.3 Å². The van der Waals surface area contributed by atoms with Crippen LogP contribution in [0.25, 0.3) is 0 Å². The maximum Gasteiger partial charge on any atom is 0.237 e. The number of nitrogens with two attached hydrogens (primary N) is 1. The summed E-state index contributed by atoms with van der Waals surface area (Å²) in [5.74, 6) is 0.474. The van der Waals surface area contributed by atoms with Crippen molar-refractivity contribution < 1.29 is 9.53 Å². The molecule has 0 heterocycles. The van der Waals surface area contributed by atoms with Gasteiger partial charge in [0.2, 0.25) is 5.91 Å². The van der Waals surface area contributed by atoms with E-state index in [0.717, 1.165) is 5.56 Å². The van der Waals surface area contributed by atoms with Gasteiger partial charge in [-0.3, -0.25) is 4.79 Å². The molecular weight excluding hydrogens is 264 g/mol. The summed E-state index contributed by atoms with van der Waals surface area (Å²) in [7, 11) is 1.57. The molecule has 1 aromatic carbocycles. The third-order valence-electron chi connectivity index (χ3n) is 2.92. The van der Waals surface area contributed by atoms with Crippen LogP contribution < -0.4 is 15.8 Å². The first-order chi connectivity index (χ1) is 8.75. The number of carbonyl (C=O) groups excluding carboxylic acids is 1. The van der Waals surface area contributed by atoms with Gasteiger partial charge in [0.1, 0.15) is 5.75 Å². The normalized spacial score (nSPS) is 12.9. The second kappa shape index (κ2) is 6.26. The molecule has 0 spiro atoms. The molecule has 1 aromatic rings. The predicted octanol–water partition coefficient (Wildman–Crippen LogP) is 2.34. The van der Waals surface area contributed by atoms with Crippen molar-refractivity contribution in [1.29, 1.82) is 0 Å². The molecular formula is C14H21ClN2O2. The molecule has 0 unspecified atom stereocenters. The van der Waals surface area contributed by atoms with Gasteiger partial charge in [0, 0.05) is 17.1 Å². The fourth-order valence-electron chi connectivity index (χ4n) is 1.55. The number of nitrogens with one attached hydrogen (secondary N) is 1. The van der Waals surface area contributed by atoms with E-state index in [1.54, 1.807) is 19.2 Å². The zero-order chi connectivity index (χ0) is 14.6. The summed E-state index contributed by atoms with van der Waals surface area (Å²) in [4.78, 5) is 11.9. The highest BCUT2D eigenvalue weighted by molar-refractivity contribution is 6.30. The van der Waals surface area contributed by atoms with Gasteiger partial charge in [-0.1, -0.05) is 38.4 Å². The van der Waals surface area contributed by atoms with Crippen molar-refractivity contribution in [1.82, 2.24) is 5.32 Å². The highest BCUT2D eigenvalue weighted by atomic mass is 35.5. The van der Waals surface area contributed by atoms with Gasteiger partial charge in [-0.05, 0) is 17.5 Å². The van der Waals surface area contributed by atoms with Crippen LogP contribution in [0.1, 0.15) is 26.3 Å².